The Hall–Kier alpha value is -0.870. The summed E-state index contributed by atoms with van der Waals surface area (Å²) in [5, 5.41) is 12.6. The maximum absolute atomic E-state index is 9.23. The van der Waals surface area contributed by atoms with E-state index in [0.717, 1.165) is 24.6 Å². The topological polar surface area (TPSA) is 58.3 Å². The second kappa shape index (κ2) is 4.77. The van der Waals surface area contributed by atoms with Crippen molar-refractivity contribution in [1.29, 1.82) is 0 Å². The van der Waals surface area contributed by atoms with Gasteiger partial charge in [-0.05, 0) is 26.3 Å². The molecule has 1 aliphatic heterocycles. The first-order valence-electron chi connectivity index (χ1n) is 5.61. The molecule has 0 bridgehead atoms. The van der Waals surface area contributed by atoms with Gasteiger partial charge in [-0.25, -0.2) is 4.98 Å². The summed E-state index contributed by atoms with van der Waals surface area (Å²) in [5.41, 5.74) is 0.840. The van der Waals surface area contributed by atoms with Crippen molar-refractivity contribution in [2.75, 3.05) is 6.54 Å². The molecule has 0 saturated carbocycles. The van der Waals surface area contributed by atoms with Gasteiger partial charge >= 0.3 is 0 Å². The van der Waals surface area contributed by atoms with Crippen LogP contribution in [0.3, 0.4) is 0 Å². The van der Waals surface area contributed by atoms with Gasteiger partial charge in [0.05, 0.1) is 17.8 Å². The van der Waals surface area contributed by atoms with Crippen molar-refractivity contribution in [1.82, 2.24) is 10.3 Å². The van der Waals surface area contributed by atoms with Crippen LogP contribution in [-0.4, -0.2) is 22.7 Å². The summed E-state index contributed by atoms with van der Waals surface area (Å²) in [4.78, 5) is 4.38. The van der Waals surface area contributed by atoms with Crippen LogP contribution >= 0.6 is 0 Å². The molecule has 4 heteroatoms. The molecule has 1 aliphatic rings. The van der Waals surface area contributed by atoms with Crippen molar-refractivity contribution >= 4 is 0 Å². The first-order chi connectivity index (χ1) is 7.25. The molecule has 15 heavy (non-hydrogen) atoms. The van der Waals surface area contributed by atoms with E-state index in [9.17, 15) is 5.11 Å². The average molecular weight is 210 g/mol. The fourth-order valence-corrected chi connectivity index (χ4v) is 1.94. The normalized spacial score (nSPS) is 24.0. The molecule has 2 atom stereocenters. The van der Waals surface area contributed by atoms with Gasteiger partial charge in [0, 0.05) is 6.42 Å². The number of aliphatic hydroxyl groups is 1. The SMILES string of the molecule is CC(O)Cc1coc(C2CCCCN2)n1. The Labute approximate surface area is 89.7 Å². The molecule has 2 unspecified atom stereocenters. The van der Waals surface area contributed by atoms with E-state index in [4.69, 9.17) is 4.42 Å². The maximum Gasteiger partial charge on any atom is 0.211 e. The lowest BCUT2D eigenvalue weighted by molar-refractivity contribution is 0.194. The highest BCUT2D eigenvalue weighted by molar-refractivity contribution is 5.02. The highest BCUT2D eigenvalue weighted by Crippen LogP contribution is 2.22. The highest BCUT2D eigenvalue weighted by atomic mass is 16.3. The molecule has 2 heterocycles. The van der Waals surface area contributed by atoms with E-state index in [1.54, 1.807) is 13.2 Å². The van der Waals surface area contributed by atoms with Gasteiger partial charge in [-0.2, -0.15) is 0 Å². The molecule has 1 aromatic heterocycles. The zero-order valence-corrected chi connectivity index (χ0v) is 9.07. The van der Waals surface area contributed by atoms with E-state index in [1.807, 2.05) is 0 Å². The lowest BCUT2D eigenvalue weighted by atomic mass is 10.1. The second-order valence-corrected chi connectivity index (χ2v) is 4.23. The second-order valence-electron chi connectivity index (χ2n) is 4.23. The number of nitrogens with zero attached hydrogens (tertiary/aromatic N) is 1. The number of aromatic nitrogens is 1. The Kier molecular flexibility index (Phi) is 3.38. The minimum atomic E-state index is -0.359. The molecular weight excluding hydrogens is 192 g/mol. The van der Waals surface area contributed by atoms with E-state index in [0.29, 0.717) is 6.42 Å². The van der Waals surface area contributed by atoms with Crippen LogP contribution in [0.5, 0.6) is 0 Å². The van der Waals surface area contributed by atoms with Crippen molar-refractivity contribution in [2.24, 2.45) is 0 Å². The Morgan fingerprint density at radius 3 is 3.20 bits per heavy atom. The number of oxazole rings is 1. The van der Waals surface area contributed by atoms with E-state index < -0.39 is 0 Å². The molecule has 84 valence electrons. The van der Waals surface area contributed by atoms with Crippen LogP contribution in [0.2, 0.25) is 0 Å². The van der Waals surface area contributed by atoms with Gasteiger partial charge in [0.1, 0.15) is 6.26 Å². The zero-order chi connectivity index (χ0) is 10.7. The number of piperidine rings is 1. The number of aliphatic hydroxyl groups excluding tert-OH is 1. The first kappa shape index (κ1) is 10.6. The van der Waals surface area contributed by atoms with Crippen LogP contribution in [-0.2, 0) is 6.42 Å². The fourth-order valence-electron chi connectivity index (χ4n) is 1.94. The monoisotopic (exact) mass is 210 g/mol. The van der Waals surface area contributed by atoms with Crippen LogP contribution < -0.4 is 5.32 Å². The van der Waals surface area contributed by atoms with Crippen molar-refractivity contribution in [3.63, 3.8) is 0 Å². The van der Waals surface area contributed by atoms with Crippen LogP contribution in [0.4, 0.5) is 0 Å². The highest BCUT2D eigenvalue weighted by Gasteiger charge is 2.19. The smallest absolute Gasteiger partial charge is 0.211 e. The van der Waals surface area contributed by atoms with Crippen molar-refractivity contribution in [3.8, 4) is 0 Å². The number of hydrogen-bond donors (Lipinski definition) is 2. The summed E-state index contributed by atoms with van der Waals surface area (Å²) in [6, 6.07) is 0.265. The summed E-state index contributed by atoms with van der Waals surface area (Å²) in [5.74, 6) is 0.769. The first-order valence-corrected chi connectivity index (χ1v) is 5.61. The minimum absolute atomic E-state index is 0.265. The third-order valence-electron chi connectivity index (χ3n) is 2.68. The molecule has 1 aromatic rings. The van der Waals surface area contributed by atoms with E-state index in [2.05, 4.69) is 10.3 Å². The molecule has 2 rings (SSSR count). The summed E-state index contributed by atoms with van der Waals surface area (Å²) in [6.45, 7) is 2.80. The molecule has 0 spiro atoms. The number of hydrogen-bond acceptors (Lipinski definition) is 4. The van der Waals surface area contributed by atoms with E-state index in [-0.39, 0.29) is 12.1 Å². The molecule has 0 aliphatic carbocycles. The van der Waals surface area contributed by atoms with Crippen molar-refractivity contribution in [3.05, 3.63) is 17.8 Å². The minimum Gasteiger partial charge on any atom is -0.447 e. The fraction of sp³-hybridized carbons (Fsp3) is 0.727. The number of rotatable bonds is 3. The lowest BCUT2D eigenvalue weighted by Gasteiger charge is -2.20. The lowest BCUT2D eigenvalue weighted by Crippen LogP contribution is -2.27. The average Bonchev–Trinajstić information content (AvgIpc) is 2.67. The third kappa shape index (κ3) is 2.79. The van der Waals surface area contributed by atoms with Gasteiger partial charge in [0.15, 0.2) is 0 Å². The van der Waals surface area contributed by atoms with E-state index in [1.165, 1.54) is 12.8 Å². The Morgan fingerprint density at radius 1 is 1.67 bits per heavy atom. The third-order valence-corrected chi connectivity index (χ3v) is 2.68. The van der Waals surface area contributed by atoms with Gasteiger partial charge in [0.2, 0.25) is 5.89 Å². The summed E-state index contributed by atoms with van der Waals surface area (Å²) >= 11 is 0. The van der Waals surface area contributed by atoms with Crippen LogP contribution in [0.15, 0.2) is 10.7 Å². The van der Waals surface area contributed by atoms with Gasteiger partial charge in [0.25, 0.3) is 0 Å². The molecule has 0 radical (unpaired) electrons. The van der Waals surface area contributed by atoms with Gasteiger partial charge in [-0.3, -0.25) is 0 Å². The molecular formula is C11H18N2O2. The standard InChI is InChI=1S/C11H18N2O2/c1-8(14)6-9-7-15-11(13-9)10-4-2-3-5-12-10/h7-8,10,12,14H,2-6H2,1H3. The Bertz CT molecular complexity index is 303. The van der Waals surface area contributed by atoms with Gasteiger partial charge < -0.3 is 14.8 Å². The maximum atomic E-state index is 9.23. The summed E-state index contributed by atoms with van der Waals surface area (Å²) in [7, 11) is 0. The Balaban J connectivity index is 1.99. The largest absolute Gasteiger partial charge is 0.447 e. The number of nitrogens with one attached hydrogen (secondary N) is 1. The van der Waals surface area contributed by atoms with Crippen LogP contribution in [0.1, 0.15) is 43.8 Å². The molecule has 0 amide bonds. The van der Waals surface area contributed by atoms with Crippen LogP contribution in [0, 0.1) is 0 Å². The predicted octanol–water partition coefficient (Wildman–Crippen LogP) is 1.41. The molecule has 2 N–H and O–H groups in total. The summed E-state index contributed by atoms with van der Waals surface area (Å²) in [6.07, 6.45) is 5.41. The molecule has 4 nitrogen and oxygen atoms in total. The summed E-state index contributed by atoms with van der Waals surface area (Å²) < 4.78 is 5.42. The molecule has 0 aromatic carbocycles. The Morgan fingerprint density at radius 2 is 2.53 bits per heavy atom. The van der Waals surface area contributed by atoms with E-state index >= 15 is 0 Å². The molecule has 1 saturated heterocycles. The molecule has 1 fully saturated rings. The van der Waals surface area contributed by atoms with Gasteiger partial charge in [-0.15, -0.1) is 0 Å². The predicted molar refractivity (Wildman–Crippen MR) is 56.5 cm³/mol. The zero-order valence-electron chi connectivity index (χ0n) is 9.07. The van der Waals surface area contributed by atoms with Crippen molar-refractivity contribution in [2.45, 2.75) is 44.8 Å². The van der Waals surface area contributed by atoms with Crippen molar-refractivity contribution < 1.29 is 9.52 Å². The quantitative estimate of drug-likeness (QED) is 0.792. The van der Waals surface area contributed by atoms with Gasteiger partial charge in [-0.1, -0.05) is 6.42 Å². The van der Waals surface area contributed by atoms with Crippen LogP contribution in [0.25, 0.3) is 0 Å².